The largest absolute Gasteiger partial charge is 0.497 e. The SMILES string of the molecule is COc1ccc(OC)c([C@H]2CCCN2C(=O)c2ccc(NC(=O)c3cccs3)cc2)c1. The van der Waals surface area contributed by atoms with E-state index in [9.17, 15) is 9.59 Å². The van der Waals surface area contributed by atoms with Crippen molar-refractivity contribution in [1.29, 1.82) is 0 Å². The van der Waals surface area contributed by atoms with Crippen LogP contribution in [0.3, 0.4) is 0 Å². The predicted molar refractivity (Wildman–Crippen MR) is 121 cm³/mol. The molecule has 0 unspecified atom stereocenters. The number of nitrogens with zero attached hydrogens (tertiary/aromatic N) is 1. The van der Waals surface area contributed by atoms with Crippen LogP contribution in [0.5, 0.6) is 11.5 Å². The van der Waals surface area contributed by atoms with Crippen LogP contribution in [0.25, 0.3) is 0 Å². The Morgan fingerprint density at radius 3 is 2.55 bits per heavy atom. The lowest BCUT2D eigenvalue weighted by Gasteiger charge is -2.27. The molecular formula is C24H24N2O4S. The number of rotatable bonds is 6. The summed E-state index contributed by atoms with van der Waals surface area (Å²) < 4.78 is 10.9. The van der Waals surface area contributed by atoms with Gasteiger partial charge >= 0.3 is 0 Å². The summed E-state index contributed by atoms with van der Waals surface area (Å²) in [7, 11) is 3.26. The minimum absolute atomic E-state index is 0.0384. The molecule has 2 aromatic carbocycles. The average molecular weight is 437 g/mol. The molecule has 2 heterocycles. The summed E-state index contributed by atoms with van der Waals surface area (Å²) in [6.07, 6.45) is 1.79. The minimum atomic E-state index is -0.154. The van der Waals surface area contributed by atoms with E-state index in [1.807, 2.05) is 34.5 Å². The standard InChI is InChI=1S/C24H24N2O4S/c1-29-18-11-12-21(30-2)19(15-18)20-5-3-13-26(20)24(28)16-7-9-17(10-8-16)25-23(27)22-6-4-14-31-22/h4,6-12,14-15,20H,3,5,13H2,1-2H3,(H,25,27)/t20-/m1/s1. The van der Waals surface area contributed by atoms with E-state index in [2.05, 4.69) is 5.32 Å². The average Bonchev–Trinajstić information content (AvgIpc) is 3.51. The summed E-state index contributed by atoms with van der Waals surface area (Å²) in [6, 6.07) is 16.2. The van der Waals surface area contributed by atoms with E-state index >= 15 is 0 Å². The van der Waals surface area contributed by atoms with Gasteiger partial charge in [0.1, 0.15) is 11.5 Å². The number of carbonyl (C=O) groups excluding carboxylic acids is 2. The maximum atomic E-state index is 13.3. The summed E-state index contributed by atoms with van der Waals surface area (Å²) >= 11 is 1.39. The van der Waals surface area contributed by atoms with Gasteiger partial charge in [0.15, 0.2) is 0 Å². The zero-order chi connectivity index (χ0) is 21.8. The Balaban J connectivity index is 1.52. The zero-order valence-electron chi connectivity index (χ0n) is 17.5. The van der Waals surface area contributed by atoms with Gasteiger partial charge in [-0.15, -0.1) is 11.3 Å². The van der Waals surface area contributed by atoms with Crippen molar-refractivity contribution < 1.29 is 19.1 Å². The fraction of sp³-hybridized carbons (Fsp3) is 0.250. The quantitative estimate of drug-likeness (QED) is 0.591. The molecule has 1 aliphatic rings. The van der Waals surface area contributed by atoms with Crippen LogP contribution >= 0.6 is 11.3 Å². The fourth-order valence-corrected chi connectivity index (χ4v) is 4.51. The molecule has 160 valence electrons. The van der Waals surface area contributed by atoms with Gasteiger partial charge in [-0.05, 0) is 66.8 Å². The van der Waals surface area contributed by atoms with Gasteiger partial charge in [0.2, 0.25) is 0 Å². The first-order valence-corrected chi connectivity index (χ1v) is 11.0. The van der Waals surface area contributed by atoms with E-state index in [0.717, 1.165) is 29.9 Å². The molecule has 7 heteroatoms. The Bertz CT molecular complexity index is 1060. The Morgan fingerprint density at radius 1 is 1.06 bits per heavy atom. The number of anilines is 1. The number of nitrogens with one attached hydrogen (secondary N) is 1. The van der Waals surface area contributed by atoms with Crippen LogP contribution in [0, 0.1) is 0 Å². The Morgan fingerprint density at radius 2 is 1.87 bits per heavy atom. The Kier molecular flexibility index (Phi) is 6.23. The first-order chi connectivity index (χ1) is 15.1. The lowest BCUT2D eigenvalue weighted by Crippen LogP contribution is -2.30. The first kappa shape index (κ1) is 20.9. The normalized spacial score (nSPS) is 15.5. The lowest BCUT2D eigenvalue weighted by molar-refractivity contribution is 0.0734. The Hall–Kier alpha value is -3.32. The number of likely N-dealkylation sites (tertiary alicyclic amines) is 1. The lowest BCUT2D eigenvalue weighted by atomic mass is 10.0. The van der Waals surface area contributed by atoms with Gasteiger partial charge in [-0.1, -0.05) is 6.07 Å². The monoisotopic (exact) mass is 436 g/mol. The van der Waals surface area contributed by atoms with Crippen LogP contribution in [0.2, 0.25) is 0 Å². The summed E-state index contributed by atoms with van der Waals surface area (Å²) in [6.45, 7) is 0.681. The molecule has 3 aromatic rings. The molecule has 1 atom stereocenters. The molecule has 6 nitrogen and oxygen atoms in total. The minimum Gasteiger partial charge on any atom is -0.497 e. The molecule has 0 bridgehead atoms. The van der Waals surface area contributed by atoms with Gasteiger partial charge in [-0.25, -0.2) is 0 Å². The maximum Gasteiger partial charge on any atom is 0.265 e. The molecule has 0 saturated carbocycles. The molecule has 1 N–H and O–H groups in total. The molecular weight excluding hydrogens is 412 g/mol. The van der Waals surface area contributed by atoms with Crippen LogP contribution in [0.15, 0.2) is 60.0 Å². The van der Waals surface area contributed by atoms with Crippen LogP contribution in [0.4, 0.5) is 5.69 Å². The molecule has 0 radical (unpaired) electrons. The van der Waals surface area contributed by atoms with Gasteiger partial charge in [0.25, 0.3) is 11.8 Å². The molecule has 4 rings (SSSR count). The highest BCUT2D eigenvalue weighted by atomic mass is 32.1. The van der Waals surface area contributed by atoms with Crippen molar-refractivity contribution >= 4 is 28.8 Å². The molecule has 0 spiro atoms. The predicted octanol–water partition coefficient (Wildman–Crippen LogP) is 4.99. The maximum absolute atomic E-state index is 13.3. The molecule has 1 aromatic heterocycles. The summed E-state index contributed by atoms with van der Waals surface area (Å²) in [5.74, 6) is 1.29. The van der Waals surface area contributed by atoms with Crippen molar-refractivity contribution in [3.05, 3.63) is 76.0 Å². The second-order valence-corrected chi connectivity index (χ2v) is 8.22. The van der Waals surface area contributed by atoms with Gasteiger partial charge in [-0.3, -0.25) is 9.59 Å². The number of hydrogen-bond donors (Lipinski definition) is 1. The van der Waals surface area contributed by atoms with E-state index in [-0.39, 0.29) is 17.9 Å². The summed E-state index contributed by atoms with van der Waals surface area (Å²) in [4.78, 5) is 28.0. The van der Waals surface area contributed by atoms with Crippen molar-refractivity contribution in [2.45, 2.75) is 18.9 Å². The van der Waals surface area contributed by atoms with Crippen LogP contribution in [0.1, 0.15) is 44.5 Å². The number of hydrogen-bond acceptors (Lipinski definition) is 5. The van der Waals surface area contributed by atoms with Gasteiger partial charge in [0.05, 0.1) is 25.1 Å². The number of ether oxygens (including phenoxy) is 2. The molecule has 1 aliphatic heterocycles. The van der Waals surface area contributed by atoms with E-state index < -0.39 is 0 Å². The van der Waals surface area contributed by atoms with E-state index in [1.54, 1.807) is 44.6 Å². The van der Waals surface area contributed by atoms with E-state index in [1.165, 1.54) is 11.3 Å². The number of thiophene rings is 1. The molecule has 1 fully saturated rings. The zero-order valence-corrected chi connectivity index (χ0v) is 18.3. The van der Waals surface area contributed by atoms with Crippen molar-refractivity contribution in [1.82, 2.24) is 4.90 Å². The smallest absolute Gasteiger partial charge is 0.265 e. The highest BCUT2D eigenvalue weighted by Gasteiger charge is 2.32. The second-order valence-electron chi connectivity index (χ2n) is 7.27. The number of carbonyl (C=O) groups is 2. The van der Waals surface area contributed by atoms with Crippen molar-refractivity contribution in [3.63, 3.8) is 0 Å². The summed E-state index contributed by atoms with van der Waals surface area (Å²) in [5.41, 5.74) is 2.19. The highest BCUT2D eigenvalue weighted by Crippen LogP contribution is 2.39. The topological polar surface area (TPSA) is 67.9 Å². The van der Waals surface area contributed by atoms with Crippen molar-refractivity contribution in [2.75, 3.05) is 26.1 Å². The van der Waals surface area contributed by atoms with E-state index in [4.69, 9.17) is 9.47 Å². The Labute approximate surface area is 185 Å². The van der Waals surface area contributed by atoms with Gasteiger partial charge in [0, 0.05) is 23.4 Å². The third kappa shape index (κ3) is 4.41. The molecule has 0 aliphatic carbocycles. The van der Waals surface area contributed by atoms with Crippen molar-refractivity contribution in [3.8, 4) is 11.5 Å². The molecule has 31 heavy (non-hydrogen) atoms. The van der Waals surface area contributed by atoms with Crippen LogP contribution in [-0.2, 0) is 0 Å². The third-order valence-electron chi connectivity index (χ3n) is 5.44. The number of methoxy groups -OCH3 is 2. The second kappa shape index (κ2) is 9.22. The van der Waals surface area contributed by atoms with E-state index in [0.29, 0.717) is 22.7 Å². The number of amides is 2. The summed E-state index contributed by atoms with van der Waals surface area (Å²) in [5, 5.41) is 4.72. The van der Waals surface area contributed by atoms with Crippen molar-refractivity contribution in [2.24, 2.45) is 0 Å². The first-order valence-electron chi connectivity index (χ1n) is 10.1. The van der Waals surface area contributed by atoms with Crippen LogP contribution < -0.4 is 14.8 Å². The molecule has 2 amide bonds. The molecule has 1 saturated heterocycles. The van der Waals surface area contributed by atoms with Gasteiger partial charge in [-0.2, -0.15) is 0 Å². The van der Waals surface area contributed by atoms with Gasteiger partial charge < -0.3 is 19.7 Å². The van der Waals surface area contributed by atoms with Crippen LogP contribution in [-0.4, -0.2) is 37.5 Å². The number of benzene rings is 2. The highest BCUT2D eigenvalue weighted by molar-refractivity contribution is 7.12. The third-order valence-corrected chi connectivity index (χ3v) is 6.31. The fourth-order valence-electron chi connectivity index (χ4n) is 3.90.